The van der Waals surface area contributed by atoms with E-state index in [0.29, 0.717) is 126 Å². The normalized spacial score (nSPS) is 11.7. The van der Waals surface area contributed by atoms with Crippen LogP contribution in [0.25, 0.3) is 0 Å². The minimum absolute atomic E-state index is 0.0551. The van der Waals surface area contributed by atoms with Crippen LogP contribution in [0.15, 0.2) is 12.8 Å². The summed E-state index contributed by atoms with van der Waals surface area (Å²) < 4.78 is 64.4. The SMILES string of the molecule is C=COCCOCCOCCO.CCCC(O)OC.CCCC(O)OCC.CCCCOC(C)O.CCOCCOCCOCCO.COCCOCCOCCOCCO. The summed E-state index contributed by atoms with van der Waals surface area (Å²) >= 11 is 0. The van der Waals surface area contributed by atoms with Gasteiger partial charge in [-0.15, -0.1) is 0 Å². The van der Waals surface area contributed by atoms with E-state index in [4.69, 9.17) is 87.5 Å². The summed E-state index contributed by atoms with van der Waals surface area (Å²) in [7, 11) is 3.14. The number of methoxy groups -OCH3 is 2. The highest BCUT2D eigenvalue weighted by atomic mass is 16.6. The monoisotopic (exact) mass is 903 g/mol. The van der Waals surface area contributed by atoms with E-state index in [1.165, 1.54) is 13.4 Å². The van der Waals surface area contributed by atoms with Crippen molar-refractivity contribution in [3.63, 3.8) is 0 Å². The van der Waals surface area contributed by atoms with E-state index >= 15 is 0 Å². The molecule has 3 atom stereocenters. The maximum Gasteiger partial charge on any atom is 0.154 e. The highest BCUT2D eigenvalue weighted by molar-refractivity contribution is 4.47. The smallest absolute Gasteiger partial charge is 0.154 e. The van der Waals surface area contributed by atoms with E-state index in [1.807, 2.05) is 27.7 Å². The molecule has 3 unspecified atom stereocenters. The Hall–Kier alpha value is -1.18. The van der Waals surface area contributed by atoms with Crippen molar-refractivity contribution in [2.24, 2.45) is 0 Å². The van der Waals surface area contributed by atoms with Crippen molar-refractivity contribution >= 4 is 0 Å². The molecule has 0 saturated heterocycles. The van der Waals surface area contributed by atoms with Gasteiger partial charge >= 0.3 is 0 Å². The fourth-order valence-electron chi connectivity index (χ4n) is 3.26. The Bertz CT molecular complexity index is 644. The summed E-state index contributed by atoms with van der Waals surface area (Å²) in [6.45, 7) is 26.1. The molecule has 376 valence electrons. The van der Waals surface area contributed by atoms with Crippen LogP contribution in [0.1, 0.15) is 80.1 Å². The molecule has 0 radical (unpaired) electrons. The van der Waals surface area contributed by atoms with E-state index in [-0.39, 0.29) is 19.8 Å². The molecule has 0 rings (SSSR count). The number of hydrogen-bond donors (Lipinski definition) is 6. The first-order valence-corrected chi connectivity index (χ1v) is 21.6. The standard InChI is InChI=1S/C9H20O5.C8H18O4.C8H16O4.2C6H14O2.C5H12O2/c1-11-4-5-13-8-9-14-7-6-12-3-2-10;2*1-2-10-5-6-12-8-7-11-4-3-9;1-3-4-5-8-6(2)7;1-3-5-6(7)8-4-2;1-3-4-5(6)7-2/h10H,2-9H2,1H3;9H,2-8H2,1H3;2,9H,1,3-8H2;2*6-7H,3-5H2,1-2H3;5-6H,3-4H2,1-2H3. The summed E-state index contributed by atoms with van der Waals surface area (Å²) in [5.74, 6) is 0. The van der Waals surface area contributed by atoms with Crippen molar-refractivity contribution in [3.05, 3.63) is 12.8 Å². The van der Waals surface area contributed by atoms with Gasteiger partial charge in [-0.05, 0) is 40.0 Å². The van der Waals surface area contributed by atoms with Crippen molar-refractivity contribution in [3.8, 4) is 0 Å². The topological polar surface area (TPSA) is 241 Å². The van der Waals surface area contributed by atoms with Gasteiger partial charge in [-0.1, -0.05) is 46.6 Å². The van der Waals surface area contributed by atoms with Crippen LogP contribution in [0, 0.1) is 0 Å². The average Bonchev–Trinajstić information content (AvgIpc) is 3.25. The van der Waals surface area contributed by atoms with Gasteiger partial charge in [0.2, 0.25) is 0 Å². The summed E-state index contributed by atoms with van der Waals surface area (Å²) in [5.41, 5.74) is 0. The fourth-order valence-corrected chi connectivity index (χ4v) is 3.26. The molecule has 0 spiro atoms. The number of rotatable bonds is 40. The third kappa shape index (κ3) is 98.9. The maximum atomic E-state index is 8.83. The Morgan fingerprint density at radius 3 is 1.11 bits per heavy atom. The van der Waals surface area contributed by atoms with Crippen molar-refractivity contribution in [2.75, 3.05) is 166 Å². The summed E-state index contributed by atoms with van der Waals surface area (Å²) in [5, 5.41) is 51.1. The molecule has 0 aromatic heterocycles. The zero-order valence-corrected chi connectivity index (χ0v) is 39.5. The van der Waals surface area contributed by atoms with Crippen LogP contribution in [0.2, 0.25) is 0 Å². The van der Waals surface area contributed by atoms with Gasteiger partial charge in [0, 0.05) is 34.0 Å². The van der Waals surface area contributed by atoms with Crippen LogP contribution in [0.3, 0.4) is 0 Å². The van der Waals surface area contributed by atoms with E-state index in [9.17, 15) is 0 Å². The molecule has 0 aliphatic rings. The molecule has 0 aliphatic heterocycles. The van der Waals surface area contributed by atoms with Crippen LogP contribution in [-0.4, -0.2) is 216 Å². The number of aliphatic hydroxyl groups excluding tert-OH is 6. The molecule has 0 aliphatic carbocycles. The van der Waals surface area contributed by atoms with E-state index < -0.39 is 18.9 Å². The highest BCUT2D eigenvalue weighted by Gasteiger charge is 1.98. The zero-order chi connectivity index (χ0) is 47.1. The summed E-state index contributed by atoms with van der Waals surface area (Å²) in [6.07, 6.45) is 5.26. The largest absolute Gasteiger partial charge is 0.499 e. The Labute approximate surface area is 369 Å². The van der Waals surface area contributed by atoms with Crippen LogP contribution < -0.4 is 0 Å². The molecule has 0 fully saturated rings. The predicted molar refractivity (Wildman–Crippen MR) is 235 cm³/mol. The van der Waals surface area contributed by atoms with Crippen molar-refractivity contribution < 1.29 is 92.2 Å². The molecular formula is C42H94O19. The first kappa shape index (κ1) is 71.5. The Morgan fingerprint density at radius 2 is 0.820 bits per heavy atom. The van der Waals surface area contributed by atoms with Gasteiger partial charge in [-0.3, -0.25) is 0 Å². The van der Waals surface area contributed by atoms with Gasteiger partial charge in [0.05, 0.1) is 132 Å². The molecule has 0 heterocycles. The van der Waals surface area contributed by atoms with Gasteiger partial charge in [0.1, 0.15) is 6.61 Å². The molecule has 0 amide bonds. The van der Waals surface area contributed by atoms with Crippen molar-refractivity contribution in [1.29, 1.82) is 0 Å². The zero-order valence-electron chi connectivity index (χ0n) is 39.5. The first-order valence-electron chi connectivity index (χ1n) is 21.6. The van der Waals surface area contributed by atoms with E-state index in [2.05, 4.69) is 18.2 Å². The molecule has 0 saturated carbocycles. The molecule has 0 aromatic rings. The first-order chi connectivity index (χ1) is 29.6. The number of hydrogen-bond acceptors (Lipinski definition) is 19. The van der Waals surface area contributed by atoms with Gasteiger partial charge in [0.15, 0.2) is 18.9 Å². The second kappa shape index (κ2) is 76.1. The number of ether oxygens (including phenoxy) is 13. The van der Waals surface area contributed by atoms with Gasteiger partial charge in [-0.2, -0.15) is 0 Å². The molecule has 19 heteroatoms. The van der Waals surface area contributed by atoms with E-state index in [0.717, 1.165) is 45.1 Å². The lowest BCUT2D eigenvalue weighted by atomic mass is 10.3. The lowest BCUT2D eigenvalue weighted by Crippen LogP contribution is -2.12. The third-order valence-corrected chi connectivity index (χ3v) is 6.23. The minimum atomic E-state index is -0.596. The average molecular weight is 903 g/mol. The minimum Gasteiger partial charge on any atom is -0.499 e. The van der Waals surface area contributed by atoms with Crippen LogP contribution in [0.4, 0.5) is 0 Å². The quantitative estimate of drug-likeness (QED) is 0.0294. The Morgan fingerprint density at radius 1 is 0.443 bits per heavy atom. The van der Waals surface area contributed by atoms with Gasteiger partial charge in [0.25, 0.3) is 0 Å². The summed E-state index contributed by atoms with van der Waals surface area (Å²) in [6, 6.07) is 0. The molecule has 0 aromatic carbocycles. The van der Waals surface area contributed by atoms with Crippen molar-refractivity contribution in [1.82, 2.24) is 0 Å². The lowest BCUT2D eigenvalue weighted by molar-refractivity contribution is -0.0985. The number of aliphatic hydroxyl groups is 6. The molecule has 19 nitrogen and oxygen atoms in total. The van der Waals surface area contributed by atoms with Crippen LogP contribution in [0.5, 0.6) is 0 Å². The van der Waals surface area contributed by atoms with Gasteiger partial charge < -0.3 is 92.2 Å². The molecule has 61 heavy (non-hydrogen) atoms. The van der Waals surface area contributed by atoms with E-state index in [1.54, 1.807) is 14.0 Å². The van der Waals surface area contributed by atoms with Gasteiger partial charge in [-0.25, -0.2) is 0 Å². The Balaban J connectivity index is -0.000000151. The molecule has 0 bridgehead atoms. The highest BCUT2D eigenvalue weighted by Crippen LogP contribution is 1.96. The number of unbranched alkanes of at least 4 members (excludes halogenated alkanes) is 1. The van der Waals surface area contributed by atoms with Crippen molar-refractivity contribution in [2.45, 2.75) is 98.9 Å². The maximum absolute atomic E-state index is 8.83. The fraction of sp³-hybridized carbons (Fsp3) is 0.952. The second-order valence-electron chi connectivity index (χ2n) is 11.7. The third-order valence-electron chi connectivity index (χ3n) is 6.23. The predicted octanol–water partition coefficient (Wildman–Crippen LogP) is 2.93. The Kier molecular flexibility index (Phi) is 89.2. The van der Waals surface area contributed by atoms with Crippen LogP contribution in [-0.2, 0) is 61.6 Å². The lowest BCUT2D eigenvalue weighted by Gasteiger charge is -2.06. The second-order valence-corrected chi connectivity index (χ2v) is 11.7. The summed E-state index contributed by atoms with van der Waals surface area (Å²) in [4.78, 5) is 0. The molecular weight excluding hydrogens is 808 g/mol. The van der Waals surface area contributed by atoms with Crippen LogP contribution >= 0.6 is 0 Å². The molecule has 6 N–H and O–H groups in total.